The number of hydrogen-bond donors (Lipinski definition) is 2. The smallest absolute Gasteiger partial charge is 0.0512 e. The maximum Gasteiger partial charge on any atom is 0.0512 e. The summed E-state index contributed by atoms with van der Waals surface area (Å²) >= 11 is 0. The van der Waals surface area contributed by atoms with E-state index in [1.165, 1.54) is 16.5 Å². The highest BCUT2D eigenvalue weighted by Gasteiger charge is 2.03. The summed E-state index contributed by atoms with van der Waals surface area (Å²) in [7, 11) is 0. The topological polar surface area (TPSA) is 36.0 Å². The number of benzene rings is 1. The summed E-state index contributed by atoms with van der Waals surface area (Å²) in [6, 6.07) is 8.34. The van der Waals surface area contributed by atoms with Gasteiger partial charge in [0.1, 0.15) is 0 Å². The molecule has 0 aliphatic heterocycles. The molecule has 2 N–H and O–H groups in total. The highest BCUT2D eigenvalue weighted by atomic mass is 16.3. The van der Waals surface area contributed by atoms with Gasteiger partial charge in [-0.2, -0.15) is 0 Å². The van der Waals surface area contributed by atoms with E-state index >= 15 is 0 Å². The minimum atomic E-state index is -0.185. The molecule has 2 aromatic rings. The fourth-order valence-electron chi connectivity index (χ4n) is 1.93. The van der Waals surface area contributed by atoms with Crippen molar-refractivity contribution in [1.29, 1.82) is 0 Å². The number of aryl methyl sites for hydroxylation is 1. The number of aliphatic hydroxyl groups excluding tert-OH is 1. The predicted molar refractivity (Wildman–Crippen MR) is 62.9 cm³/mol. The Kier molecular flexibility index (Phi) is 3.07. The molecule has 2 rings (SSSR count). The third-order valence-corrected chi connectivity index (χ3v) is 2.74. The molecule has 80 valence electrons. The van der Waals surface area contributed by atoms with E-state index in [1.54, 1.807) is 0 Å². The number of rotatable bonds is 4. The van der Waals surface area contributed by atoms with Crippen LogP contribution in [0.25, 0.3) is 10.9 Å². The number of aromatic nitrogens is 1. The first-order valence-corrected chi connectivity index (χ1v) is 5.50. The van der Waals surface area contributed by atoms with Crippen LogP contribution in [0.4, 0.5) is 0 Å². The molecular weight excluding hydrogens is 186 g/mol. The highest BCUT2D eigenvalue weighted by Crippen LogP contribution is 2.19. The van der Waals surface area contributed by atoms with Crippen molar-refractivity contribution in [3.63, 3.8) is 0 Å². The fraction of sp³-hybridized carbons (Fsp3) is 0.385. The van der Waals surface area contributed by atoms with Crippen molar-refractivity contribution in [1.82, 2.24) is 4.98 Å². The third-order valence-electron chi connectivity index (χ3n) is 2.74. The van der Waals surface area contributed by atoms with Crippen LogP contribution in [-0.4, -0.2) is 16.2 Å². The van der Waals surface area contributed by atoms with E-state index in [0.717, 1.165) is 19.3 Å². The molecule has 0 aliphatic rings. The molecule has 0 radical (unpaired) electrons. The van der Waals surface area contributed by atoms with Crippen molar-refractivity contribution >= 4 is 10.9 Å². The van der Waals surface area contributed by atoms with Gasteiger partial charge in [-0.1, -0.05) is 18.2 Å². The lowest BCUT2D eigenvalue weighted by molar-refractivity contribution is 0.182. The van der Waals surface area contributed by atoms with Gasteiger partial charge in [0, 0.05) is 17.1 Å². The van der Waals surface area contributed by atoms with Crippen molar-refractivity contribution in [2.75, 3.05) is 0 Å². The van der Waals surface area contributed by atoms with E-state index in [2.05, 4.69) is 29.4 Å². The summed E-state index contributed by atoms with van der Waals surface area (Å²) in [5, 5.41) is 10.5. The number of nitrogens with one attached hydrogen (secondary N) is 1. The second-order valence-electron chi connectivity index (χ2n) is 4.10. The highest BCUT2D eigenvalue weighted by molar-refractivity contribution is 5.82. The SMILES string of the molecule is C[C@H](O)CCCc1c[nH]c2ccccc12. The monoisotopic (exact) mass is 203 g/mol. The molecule has 0 saturated carbocycles. The largest absolute Gasteiger partial charge is 0.393 e. The van der Waals surface area contributed by atoms with Crippen molar-refractivity contribution in [2.45, 2.75) is 32.3 Å². The number of fused-ring (bicyclic) bond motifs is 1. The van der Waals surface area contributed by atoms with Gasteiger partial charge in [-0.3, -0.25) is 0 Å². The first kappa shape index (κ1) is 10.2. The molecule has 0 bridgehead atoms. The van der Waals surface area contributed by atoms with E-state index < -0.39 is 0 Å². The molecule has 0 amide bonds. The lowest BCUT2D eigenvalue weighted by atomic mass is 10.1. The van der Waals surface area contributed by atoms with Crippen LogP contribution in [0.1, 0.15) is 25.3 Å². The Morgan fingerprint density at radius 3 is 2.93 bits per heavy atom. The van der Waals surface area contributed by atoms with Crippen molar-refractivity contribution in [3.8, 4) is 0 Å². The molecule has 1 aromatic heterocycles. The molecule has 1 heterocycles. The first-order valence-electron chi connectivity index (χ1n) is 5.50. The number of aliphatic hydroxyl groups is 1. The molecule has 2 heteroatoms. The van der Waals surface area contributed by atoms with Crippen LogP contribution in [0.5, 0.6) is 0 Å². The maximum absolute atomic E-state index is 9.19. The Balaban J connectivity index is 2.08. The Morgan fingerprint density at radius 2 is 2.13 bits per heavy atom. The van der Waals surface area contributed by atoms with Crippen LogP contribution in [0.3, 0.4) is 0 Å². The minimum absolute atomic E-state index is 0.185. The van der Waals surface area contributed by atoms with Gasteiger partial charge < -0.3 is 10.1 Å². The second kappa shape index (κ2) is 4.49. The molecule has 15 heavy (non-hydrogen) atoms. The molecular formula is C13H17NO. The summed E-state index contributed by atoms with van der Waals surface area (Å²) in [5.74, 6) is 0. The maximum atomic E-state index is 9.19. The minimum Gasteiger partial charge on any atom is -0.393 e. The van der Waals surface area contributed by atoms with E-state index in [-0.39, 0.29) is 6.10 Å². The van der Waals surface area contributed by atoms with E-state index in [0.29, 0.717) is 0 Å². The van der Waals surface area contributed by atoms with Crippen molar-refractivity contribution in [3.05, 3.63) is 36.0 Å². The molecule has 1 aromatic carbocycles. The van der Waals surface area contributed by atoms with Gasteiger partial charge >= 0.3 is 0 Å². The summed E-state index contributed by atoms with van der Waals surface area (Å²) in [6.45, 7) is 1.84. The summed E-state index contributed by atoms with van der Waals surface area (Å²) < 4.78 is 0. The predicted octanol–water partition coefficient (Wildman–Crippen LogP) is 2.87. The average molecular weight is 203 g/mol. The normalized spacial score (nSPS) is 13.2. The van der Waals surface area contributed by atoms with Crippen molar-refractivity contribution < 1.29 is 5.11 Å². The van der Waals surface area contributed by atoms with Crippen LogP contribution in [0, 0.1) is 0 Å². The van der Waals surface area contributed by atoms with Gasteiger partial charge in [-0.25, -0.2) is 0 Å². The van der Waals surface area contributed by atoms with Crippen LogP contribution < -0.4 is 0 Å². The van der Waals surface area contributed by atoms with Gasteiger partial charge in [-0.15, -0.1) is 0 Å². The van der Waals surface area contributed by atoms with Gasteiger partial charge in [-0.05, 0) is 37.8 Å². The Hall–Kier alpha value is -1.28. The quantitative estimate of drug-likeness (QED) is 0.787. The molecule has 0 spiro atoms. The van der Waals surface area contributed by atoms with Gasteiger partial charge in [0.05, 0.1) is 6.10 Å². The molecule has 0 unspecified atom stereocenters. The van der Waals surface area contributed by atoms with Crippen LogP contribution >= 0.6 is 0 Å². The third kappa shape index (κ3) is 2.39. The Labute approximate surface area is 89.9 Å². The van der Waals surface area contributed by atoms with E-state index in [1.807, 2.05) is 13.0 Å². The Morgan fingerprint density at radius 1 is 1.33 bits per heavy atom. The van der Waals surface area contributed by atoms with Crippen LogP contribution in [0.2, 0.25) is 0 Å². The summed E-state index contributed by atoms with van der Waals surface area (Å²) in [4.78, 5) is 3.26. The van der Waals surface area contributed by atoms with E-state index in [4.69, 9.17) is 0 Å². The zero-order valence-electron chi connectivity index (χ0n) is 9.03. The summed E-state index contributed by atoms with van der Waals surface area (Å²) in [6.07, 6.45) is 4.84. The van der Waals surface area contributed by atoms with Gasteiger partial charge in [0.15, 0.2) is 0 Å². The van der Waals surface area contributed by atoms with Crippen molar-refractivity contribution in [2.24, 2.45) is 0 Å². The number of hydrogen-bond acceptors (Lipinski definition) is 1. The lowest BCUT2D eigenvalue weighted by Gasteiger charge is -2.02. The molecule has 1 atom stereocenters. The van der Waals surface area contributed by atoms with Gasteiger partial charge in [0.25, 0.3) is 0 Å². The first-order chi connectivity index (χ1) is 7.27. The molecule has 0 saturated heterocycles. The van der Waals surface area contributed by atoms with Gasteiger partial charge in [0.2, 0.25) is 0 Å². The van der Waals surface area contributed by atoms with Crippen LogP contribution in [0.15, 0.2) is 30.5 Å². The van der Waals surface area contributed by atoms with Crippen LogP contribution in [-0.2, 0) is 6.42 Å². The Bertz CT molecular complexity index is 431. The number of H-pyrrole nitrogens is 1. The number of aromatic amines is 1. The fourth-order valence-corrected chi connectivity index (χ4v) is 1.93. The second-order valence-corrected chi connectivity index (χ2v) is 4.10. The zero-order valence-corrected chi connectivity index (χ0v) is 9.03. The standard InChI is InChI=1S/C13H17NO/c1-10(15)5-4-6-11-9-14-13-8-3-2-7-12(11)13/h2-3,7-10,14-15H,4-6H2,1H3/t10-/m0/s1. The zero-order chi connectivity index (χ0) is 10.7. The summed E-state index contributed by atoms with van der Waals surface area (Å²) in [5.41, 5.74) is 2.55. The molecule has 0 fully saturated rings. The molecule has 0 aliphatic carbocycles. The number of para-hydroxylation sites is 1. The molecule has 2 nitrogen and oxygen atoms in total. The average Bonchev–Trinajstić information content (AvgIpc) is 2.62. The van der Waals surface area contributed by atoms with E-state index in [9.17, 15) is 5.11 Å². The lowest BCUT2D eigenvalue weighted by Crippen LogP contribution is -1.99.